The van der Waals surface area contributed by atoms with E-state index in [-0.39, 0.29) is 11.6 Å². The normalized spacial score (nSPS) is 12.1. The number of H-pyrrole nitrogens is 1. The minimum atomic E-state index is -0.218. The van der Waals surface area contributed by atoms with Crippen LogP contribution >= 0.6 is 0 Å². The molecule has 3 aromatic rings. The van der Waals surface area contributed by atoms with Crippen LogP contribution in [0.3, 0.4) is 0 Å². The quantitative estimate of drug-likeness (QED) is 0.728. The second kappa shape index (κ2) is 6.08. The maximum Gasteiger partial charge on any atom is 0.251 e. The maximum atomic E-state index is 11.7. The molecule has 116 valence electrons. The van der Waals surface area contributed by atoms with Crippen LogP contribution in [-0.2, 0) is 4.79 Å². The number of amides is 1. The van der Waals surface area contributed by atoms with Crippen LogP contribution in [0.4, 0.5) is 0 Å². The number of carbonyl (C=O) groups is 1. The minimum absolute atomic E-state index is 0.0775. The van der Waals surface area contributed by atoms with Crippen LogP contribution in [-0.4, -0.2) is 11.4 Å². The van der Waals surface area contributed by atoms with E-state index in [0.29, 0.717) is 12.0 Å². The van der Waals surface area contributed by atoms with Crippen molar-refractivity contribution in [2.24, 2.45) is 0 Å². The van der Waals surface area contributed by atoms with Gasteiger partial charge in [-0.15, -0.1) is 0 Å². The molecular formula is C19H18N2O2. The molecule has 0 saturated carbocycles. The minimum Gasteiger partial charge on any atom is -0.348 e. The molecule has 1 aromatic heterocycles. The lowest BCUT2D eigenvalue weighted by atomic mass is 9.96. The molecule has 0 fully saturated rings. The topological polar surface area (TPSA) is 62.0 Å². The number of pyridine rings is 1. The fourth-order valence-corrected chi connectivity index (χ4v) is 2.73. The van der Waals surface area contributed by atoms with Gasteiger partial charge in [-0.25, -0.2) is 0 Å². The lowest BCUT2D eigenvalue weighted by molar-refractivity contribution is -0.110. The van der Waals surface area contributed by atoms with Crippen LogP contribution in [0.2, 0.25) is 0 Å². The molecular weight excluding hydrogens is 288 g/mol. The lowest BCUT2D eigenvalue weighted by Gasteiger charge is -2.18. The zero-order valence-corrected chi connectivity index (χ0v) is 13.1. The van der Waals surface area contributed by atoms with Gasteiger partial charge in [0.2, 0.25) is 6.41 Å². The molecule has 2 aromatic carbocycles. The number of hydrogen-bond acceptors (Lipinski definition) is 2. The summed E-state index contributed by atoms with van der Waals surface area (Å²) in [6.07, 6.45) is 0.715. The van der Waals surface area contributed by atoms with Crippen molar-refractivity contribution in [3.05, 3.63) is 81.1 Å². The zero-order chi connectivity index (χ0) is 16.4. The van der Waals surface area contributed by atoms with E-state index in [0.717, 1.165) is 22.0 Å². The number of hydrogen-bond donors (Lipinski definition) is 2. The molecule has 0 aliphatic carbocycles. The first-order valence-corrected chi connectivity index (χ1v) is 7.48. The van der Waals surface area contributed by atoms with Crippen LogP contribution < -0.4 is 10.9 Å². The Balaban J connectivity index is 2.10. The summed E-state index contributed by atoms with van der Waals surface area (Å²) >= 11 is 0. The Morgan fingerprint density at radius 3 is 2.39 bits per heavy atom. The Bertz CT molecular complexity index is 911. The highest BCUT2D eigenvalue weighted by atomic mass is 16.1. The van der Waals surface area contributed by atoms with Gasteiger partial charge < -0.3 is 10.3 Å². The fourth-order valence-electron chi connectivity index (χ4n) is 2.73. The summed E-state index contributed by atoms with van der Waals surface area (Å²) in [6, 6.07) is 15.5. The number of carbonyl (C=O) groups excluding carboxylic acids is 1. The van der Waals surface area contributed by atoms with Crippen LogP contribution in [0.5, 0.6) is 0 Å². The number of fused-ring (bicyclic) bond motifs is 1. The number of aromatic amines is 1. The zero-order valence-electron chi connectivity index (χ0n) is 13.1. The largest absolute Gasteiger partial charge is 0.348 e. The number of aromatic nitrogens is 1. The van der Waals surface area contributed by atoms with E-state index in [9.17, 15) is 9.59 Å². The molecule has 2 N–H and O–H groups in total. The van der Waals surface area contributed by atoms with Crippen molar-refractivity contribution in [2.45, 2.75) is 19.9 Å². The lowest BCUT2D eigenvalue weighted by Crippen LogP contribution is -2.20. The van der Waals surface area contributed by atoms with Crippen molar-refractivity contribution in [3.8, 4) is 0 Å². The molecule has 1 unspecified atom stereocenters. The molecule has 0 saturated heterocycles. The van der Waals surface area contributed by atoms with Gasteiger partial charge in [-0.05, 0) is 48.6 Å². The van der Waals surface area contributed by atoms with Crippen molar-refractivity contribution < 1.29 is 4.79 Å². The van der Waals surface area contributed by atoms with E-state index in [2.05, 4.69) is 10.3 Å². The number of benzene rings is 2. The van der Waals surface area contributed by atoms with Gasteiger partial charge in [0, 0.05) is 11.1 Å². The Morgan fingerprint density at radius 2 is 1.70 bits per heavy atom. The predicted octanol–water partition coefficient (Wildman–Crippen LogP) is 2.98. The average Bonchev–Trinajstić information content (AvgIpc) is 2.54. The average molecular weight is 306 g/mol. The van der Waals surface area contributed by atoms with Crippen molar-refractivity contribution in [2.75, 3.05) is 0 Å². The van der Waals surface area contributed by atoms with Crippen molar-refractivity contribution in [1.82, 2.24) is 10.3 Å². The van der Waals surface area contributed by atoms with E-state index >= 15 is 0 Å². The Morgan fingerprint density at radius 1 is 1.00 bits per heavy atom. The van der Waals surface area contributed by atoms with Gasteiger partial charge in [-0.2, -0.15) is 0 Å². The molecule has 4 heteroatoms. The van der Waals surface area contributed by atoms with E-state index in [4.69, 9.17) is 0 Å². The molecule has 23 heavy (non-hydrogen) atoms. The van der Waals surface area contributed by atoms with E-state index in [1.807, 2.05) is 55.5 Å². The highest BCUT2D eigenvalue weighted by Gasteiger charge is 2.14. The van der Waals surface area contributed by atoms with Gasteiger partial charge in [-0.1, -0.05) is 35.9 Å². The van der Waals surface area contributed by atoms with E-state index in [1.54, 1.807) is 6.92 Å². The molecule has 0 aliphatic rings. The van der Waals surface area contributed by atoms with E-state index < -0.39 is 0 Å². The van der Waals surface area contributed by atoms with Crippen molar-refractivity contribution in [3.63, 3.8) is 0 Å². The molecule has 4 nitrogen and oxygen atoms in total. The highest BCUT2D eigenvalue weighted by molar-refractivity contribution is 5.80. The molecule has 0 spiro atoms. The Hall–Kier alpha value is -2.88. The Labute approximate surface area is 134 Å². The van der Waals surface area contributed by atoms with Gasteiger partial charge in [0.1, 0.15) is 0 Å². The van der Waals surface area contributed by atoms with Crippen LogP contribution in [0, 0.1) is 13.8 Å². The summed E-state index contributed by atoms with van der Waals surface area (Å²) in [6.45, 7) is 3.81. The third-order valence-corrected chi connectivity index (χ3v) is 4.03. The third-order valence-electron chi connectivity index (χ3n) is 4.03. The molecule has 0 bridgehead atoms. The van der Waals surface area contributed by atoms with Gasteiger partial charge in [-0.3, -0.25) is 9.59 Å². The first kappa shape index (κ1) is 15.0. The molecule has 1 heterocycles. The van der Waals surface area contributed by atoms with Crippen LogP contribution in [0.25, 0.3) is 10.9 Å². The summed E-state index contributed by atoms with van der Waals surface area (Å²) in [7, 11) is 0. The Kier molecular flexibility index (Phi) is 3.98. The summed E-state index contributed by atoms with van der Waals surface area (Å²) in [5, 5.41) is 3.82. The first-order valence-electron chi connectivity index (χ1n) is 7.48. The summed E-state index contributed by atoms with van der Waals surface area (Å²) < 4.78 is 0. The smallest absolute Gasteiger partial charge is 0.251 e. The van der Waals surface area contributed by atoms with Crippen molar-refractivity contribution >= 4 is 17.3 Å². The van der Waals surface area contributed by atoms with Gasteiger partial charge in [0.05, 0.1) is 6.04 Å². The molecule has 0 radical (unpaired) electrons. The van der Waals surface area contributed by atoms with Gasteiger partial charge in [0.25, 0.3) is 5.56 Å². The summed E-state index contributed by atoms with van der Waals surface area (Å²) in [5.74, 6) is 0. The molecule has 0 aliphatic heterocycles. The third kappa shape index (κ3) is 3.01. The van der Waals surface area contributed by atoms with E-state index in [1.165, 1.54) is 5.56 Å². The monoisotopic (exact) mass is 306 g/mol. The number of rotatable bonds is 4. The van der Waals surface area contributed by atoms with Crippen LogP contribution in [0.1, 0.15) is 28.3 Å². The predicted molar refractivity (Wildman–Crippen MR) is 91.5 cm³/mol. The SMILES string of the molecule is Cc1ccc(C(NC=O)c2ccc3[nH]c(=O)c(C)cc3c2)cc1. The summed E-state index contributed by atoms with van der Waals surface area (Å²) in [4.78, 5) is 25.6. The van der Waals surface area contributed by atoms with Gasteiger partial charge in [0.15, 0.2) is 0 Å². The standard InChI is InChI=1S/C19H18N2O2/c1-12-3-5-14(6-4-12)18(20-11-22)15-7-8-17-16(10-15)9-13(2)19(23)21-17/h3-11,18H,1-2H3,(H,20,22)(H,21,23). The van der Waals surface area contributed by atoms with Gasteiger partial charge >= 0.3 is 0 Å². The fraction of sp³-hybridized carbons (Fsp3) is 0.158. The highest BCUT2D eigenvalue weighted by Crippen LogP contribution is 2.25. The maximum absolute atomic E-state index is 11.7. The molecule has 1 atom stereocenters. The number of aryl methyl sites for hydroxylation is 2. The van der Waals surface area contributed by atoms with Crippen molar-refractivity contribution in [1.29, 1.82) is 0 Å². The second-order valence-electron chi connectivity index (χ2n) is 5.76. The second-order valence-corrected chi connectivity index (χ2v) is 5.76. The first-order chi connectivity index (χ1) is 11.1. The molecule has 1 amide bonds. The number of nitrogens with one attached hydrogen (secondary N) is 2. The summed E-state index contributed by atoms with van der Waals surface area (Å²) in [5.41, 5.74) is 4.54. The van der Waals surface area contributed by atoms with Crippen LogP contribution in [0.15, 0.2) is 53.3 Å². The molecule has 3 rings (SSSR count).